The van der Waals surface area contributed by atoms with Crippen LogP contribution in [0.25, 0.3) is 0 Å². The summed E-state index contributed by atoms with van der Waals surface area (Å²) in [7, 11) is 0. The van der Waals surface area contributed by atoms with E-state index < -0.39 is 0 Å². The fourth-order valence-electron chi connectivity index (χ4n) is 2.47. The third kappa shape index (κ3) is 4.81. The molecule has 1 aliphatic rings. The van der Waals surface area contributed by atoms with E-state index in [4.69, 9.17) is 5.73 Å². The van der Waals surface area contributed by atoms with E-state index >= 15 is 0 Å². The van der Waals surface area contributed by atoms with E-state index in [-0.39, 0.29) is 0 Å². The maximum atomic E-state index is 6.14. The zero-order valence-electron chi connectivity index (χ0n) is 11.4. The molecule has 0 amide bonds. The van der Waals surface area contributed by atoms with Crippen LogP contribution in [-0.4, -0.2) is 54.6 Å². The van der Waals surface area contributed by atoms with Crippen LogP contribution in [0.1, 0.15) is 34.1 Å². The van der Waals surface area contributed by atoms with Crippen molar-refractivity contribution in [1.29, 1.82) is 0 Å². The number of hydrogen-bond acceptors (Lipinski definition) is 3. The van der Waals surface area contributed by atoms with Crippen LogP contribution >= 0.6 is 0 Å². The van der Waals surface area contributed by atoms with Crippen molar-refractivity contribution in [1.82, 2.24) is 9.80 Å². The number of piperazine rings is 1. The molecule has 1 saturated heterocycles. The van der Waals surface area contributed by atoms with Crippen molar-refractivity contribution in [2.24, 2.45) is 11.7 Å². The maximum Gasteiger partial charge on any atom is 0.0170 e. The SMILES string of the molecule is CC(C)CC(N)CN1CCN(C(C)C)CC1. The van der Waals surface area contributed by atoms with E-state index in [1.807, 2.05) is 0 Å². The van der Waals surface area contributed by atoms with Gasteiger partial charge in [0.15, 0.2) is 0 Å². The van der Waals surface area contributed by atoms with E-state index in [0.717, 1.165) is 13.0 Å². The van der Waals surface area contributed by atoms with Crippen molar-refractivity contribution in [2.75, 3.05) is 32.7 Å². The van der Waals surface area contributed by atoms with Gasteiger partial charge in [0.05, 0.1) is 0 Å². The van der Waals surface area contributed by atoms with Crippen LogP contribution in [0.4, 0.5) is 0 Å². The lowest BCUT2D eigenvalue weighted by Crippen LogP contribution is -2.51. The Hall–Kier alpha value is -0.120. The summed E-state index contributed by atoms with van der Waals surface area (Å²) in [6, 6.07) is 1.04. The highest BCUT2D eigenvalue weighted by Crippen LogP contribution is 2.08. The minimum atomic E-state index is 0.352. The summed E-state index contributed by atoms with van der Waals surface area (Å²) < 4.78 is 0. The first-order chi connectivity index (χ1) is 7.49. The van der Waals surface area contributed by atoms with Crippen molar-refractivity contribution in [3.63, 3.8) is 0 Å². The van der Waals surface area contributed by atoms with Crippen LogP contribution in [0.15, 0.2) is 0 Å². The molecule has 0 radical (unpaired) electrons. The van der Waals surface area contributed by atoms with Crippen LogP contribution in [0.2, 0.25) is 0 Å². The number of hydrogen-bond donors (Lipinski definition) is 1. The molecule has 0 spiro atoms. The van der Waals surface area contributed by atoms with Crippen molar-refractivity contribution < 1.29 is 0 Å². The van der Waals surface area contributed by atoms with Crippen LogP contribution < -0.4 is 5.73 Å². The van der Waals surface area contributed by atoms with Gasteiger partial charge < -0.3 is 5.73 Å². The second-order valence-electron chi connectivity index (χ2n) is 5.82. The zero-order valence-corrected chi connectivity index (χ0v) is 11.4. The molecule has 0 aromatic rings. The second-order valence-corrected chi connectivity index (χ2v) is 5.82. The molecule has 0 bridgehead atoms. The highest BCUT2D eigenvalue weighted by atomic mass is 15.3. The molecular weight excluding hydrogens is 198 g/mol. The molecule has 3 nitrogen and oxygen atoms in total. The van der Waals surface area contributed by atoms with E-state index in [2.05, 4.69) is 37.5 Å². The molecule has 16 heavy (non-hydrogen) atoms. The molecule has 0 aliphatic carbocycles. The van der Waals surface area contributed by atoms with Crippen LogP contribution in [-0.2, 0) is 0 Å². The Bertz CT molecular complexity index is 184. The Morgan fingerprint density at radius 1 is 1.00 bits per heavy atom. The van der Waals surface area contributed by atoms with Crippen LogP contribution in [0, 0.1) is 5.92 Å². The molecular formula is C13H29N3. The van der Waals surface area contributed by atoms with Crippen molar-refractivity contribution >= 4 is 0 Å². The van der Waals surface area contributed by atoms with Gasteiger partial charge in [-0.1, -0.05) is 13.8 Å². The Morgan fingerprint density at radius 2 is 1.56 bits per heavy atom. The zero-order chi connectivity index (χ0) is 12.1. The molecule has 1 heterocycles. The molecule has 1 unspecified atom stereocenters. The fourth-order valence-corrected chi connectivity index (χ4v) is 2.47. The van der Waals surface area contributed by atoms with Crippen molar-refractivity contribution in [3.05, 3.63) is 0 Å². The lowest BCUT2D eigenvalue weighted by Gasteiger charge is -2.38. The van der Waals surface area contributed by atoms with Crippen LogP contribution in [0.3, 0.4) is 0 Å². The lowest BCUT2D eigenvalue weighted by atomic mass is 10.0. The molecule has 2 N–H and O–H groups in total. The Morgan fingerprint density at radius 3 is 2.00 bits per heavy atom. The summed E-state index contributed by atoms with van der Waals surface area (Å²) >= 11 is 0. The average Bonchev–Trinajstić information content (AvgIpc) is 2.16. The lowest BCUT2D eigenvalue weighted by molar-refractivity contribution is 0.103. The minimum absolute atomic E-state index is 0.352. The van der Waals surface area contributed by atoms with Crippen LogP contribution in [0.5, 0.6) is 0 Å². The normalized spacial score (nSPS) is 21.9. The summed E-state index contributed by atoms with van der Waals surface area (Å²) in [6.07, 6.45) is 1.14. The van der Waals surface area contributed by atoms with Gasteiger partial charge in [-0.2, -0.15) is 0 Å². The first-order valence-electron chi connectivity index (χ1n) is 6.71. The first kappa shape index (κ1) is 13.9. The number of rotatable bonds is 5. The second kappa shape index (κ2) is 6.58. The summed E-state index contributed by atoms with van der Waals surface area (Å²) in [4.78, 5) is 5.07. The largest absolute Gasteiger partial charge is 0.327 e. The third-order valence-corrected chi connectivity index (χ3v) is 3.40. The van der Waals surface area contributed by atoms with Gasteiger partial charge in [0.25, 0.3) is 0 Å². The maximum absolute atomic E-state index is 6.14. The summed E-state index contributed by atoms with van der Waals surface area (Å²) in [5.74, 6) is 0.715. The number of nitrogens with zero attached hydrogens (tertiary/aromatic N) is 2. The van der Waals surface area contributed by atoms with Gasteiger partial charge in [0.2, 0.25) is 0 Å². The predicted octanol–water partition coefficient (Wildman–Crippen LogP) is 1.39. The van der Waals surface area contributed by atoms with E-state index in [1.165, 1.54) is 26.2 Å². The molecule has 0 aromatic heterocycles. The fraction of sp³-hybridized carbons (Fsp3) is 1.00. The van der Waals surface area contributed by atoms with E-state index in [1.54, 1.807) is 0 Å². The molecule has 96 valence electrons. The standard InChI is InChI=1S/C13H29N3/c1-11(2)9-13(14)10-15-5-7-16(8-6-15)12(3)4/h11-13H,5-10,14H2,1-4H3. The highest BCUT2D eigenvalue weighted by Gasteiger charge is 2.20. The van der Waals surface area contributed by atoms with Crippen molar-refractivity contribution in [2.45, 2.75) is 46.2 Å². The van der Waals surface area contributed by atoms with E-state index in [9.17, 15) is 0 Å². The summed E-state index contributed by atoms with van der Waals surface area (Å²) in [5.41, 5.74) is 6.14. The molecule has 1 fully saturated rings. The Balaban J connectivity index is 2.21. The highest BCUT2D eigenvalue weighted by molar-refractivity contribution is 4.77. The van der Waals surface area contributed by atoms with Crippen molar-refractivity contribution in [3.8, 4) is 0 Å². The van der Waals surface area contributed by atoms with Gasteiger partial charge in [0, 0.05) is 44.8 Å². The molecule has 1 atom stereocenters. The Kier molecular flexibility index (Phi) is 5.73. The average molecular weight is 227 g/mol. The summed E-state index contributed by atoms with van der Waals surface area (Å²) in [6.45, 7) is 14.9. The van der Waals surface area contributed by atoms with E-state index in [0.29, 0.717) is 18.0 Å². The monoisotopic (exact) mass is 227 g/mol. The Labute approximate surface area is 101 Å². The first-order valence-corrected chi connectivity index (χ1v) is 6.71. The predicted molar refractivity (Wildman–Crippen MR) is 70.6 cm³/mol. The topological polar surface area (TPSA) is 32.5 Å². The molecule has 0 saturated carbocycles. The molecule has 3 heteroatoms. The van der Waals surface area contributed by atoms with Gasteiger partial charge >= 0.3 is 0 Å². The van der Waals surface area contributed by atoms with Gasteiger partial charge in [-0.15, -0.1) is 0 Å². The third-order valence-electron chi connectivity index (χ3n) is 3.40. The molecule has 0 aromatic carbocycles. The molecule has 1 aliphatic heterocycles. The minimum Gasteiger partial charge on any atom is -0.327 e. The quantitative estimate of drug-likeness (QED) is 0.770. The smallest absolute Gasteiger partial charge is 0.0170 e. The van der Waals surface area contributed by atoms with Gasteiger partial charge in [-0.3, -0.25) is 9.80 Å². The van der Waals surface area contributed by atoms with Gasteiger partial charge in [0.1, 0.15) is 0 Å². The van der Waals surface area contributed by atoms with Gasteiger partial charge in [-0.05, 0) is 26.2 Å². The van der Waals surface area contributed by atoms with Gasteiger partial charge in [-0.25, -0.2) is 0 Å². The molecule has 1 rings (SSSR count). The summed E-state index contributed by atoms with van der Waals surface area (Å²) in [5, 5.41) is 0. The number of nitrogens with two attached hydrogens (primary N) is 1.